The lowest BCUT2D eigenvalue weighted by Gasteiger charge is -2.11. The van der Waals surface area contributed by atoms with Crippen LogP contribution in [0.4, 0.5) is 18.9 Å². The predicted molar refractivity (Wildman–Crippen MR) is 56.6 cm³/mol. The Morgan fingerprint density at radius 2 is 2.05 bits per heavy atom. The van der Waals surface area contributed by atoms with E-state index < -0.39 is 45.7 Å². The molecule has 104 valence electrons. The topological polar surface area (TPSA) is 89.7 Å². The average Bonchev–Trinajstić information content (AvgIpc) is 2.25. The number of carboxylic acid groups (broad SMARTS) is 1. The molecule has 0 saturated heterocycles. The van der Waals surface area contributed by atoms with Gasteiger partial charge in [0.1, 0.15) is 11.3 Å². The summed E-state index contributed by atoms with van der Waals surface area (Å²) >= 11 is 5.49. The highest BCUT2D eigenvalue weighted by Crippen LogP contribution is 2.33. The Bertz CT molecular complexity index is 531. The van der Waals surface area contributed by atoms with Crippen LogP contribution in [0.2, 0.25) is 5.02 Å². The molecular formula is C9H5ClF3NO5. The van der Waals surface area contributed by atoms with Gasteiger partial charge in [0.05, 0.1) is 9.95 Å². The molecule has 0 aliphatic heterocycles. The van der Waals surface area contributed by atoms with E-state index in [1.54, 1.807) is 0 Å². The van der Waals surface area contributed by atoms with Crippen LogP contribution in [0.25, 0.3) is 0 Å². The van der Waals surface area contributed by atoms with Crippen molar-refractivity contribution in [2.75, 3.05) is 6.61 Å². The van der Waals surface area contributed by atoms with E-state index in [2.05, 4.69) is 4.74 Å². The van der Waals surface area contributed by atoms with Gasteiger partial charge in [-0.15, -0.1) is 0 Å². The van der Waals surface area contributed by atoms with Crippen LogP contribution >= 0.6 is 11.6 Å². The van der Waals surface area contributed by atoms with Crippen LogP contribution in [-0.2, 0) is 0 Å². The summed E-state index contributed by atoms with van der Waals surface area (Å²) in [4.78, 5) is 20.3. The molecule has 0 aromatic heterocycles. The Morgan fingerprint density at radius 3 is 2.47 bits per heavy atom. The molecule has 0 aliphatic carbocycles. The molecule has 0 atom stereocenters. The number of hydrogen-bond acceptors (Lipinski definition) is 4. The summed E-state index contributed by atoms with van der Waals surface area (Å²) in [6.45, 7) is -1.69. The highest BCUT2D eigenvalue weighted by atomic mass is 35.5. The van der Waals surface area contributed by atoms with Crippen molar-refractivity contribution < 1.29 is 32.7 Å². The fraction of sp³-hybridized carbons (Fsp3) is 0.222. The quantitative estimate of drug-likeness (QED) is 0.682. The van der Waals surface area contributed by atoms with Crippen molar-refractivity contribution >= 4 is 23.3 Å². The highest BCUT2D eigenvalue weighted by Gasteiger charge is 2.30. The summed E-state index contributed by atoms with van der Waals surface area (Å²) in [6.07, 6.45) is -4.64. The monoisotopic (exact) mass is 299 g/mol. The maximum atomic E-state index is 11.9. The van der Waals surface area contributed by atoms with Gasteiger partial charge in [0, 0.05) is 12.1 Å². The van der Waals surface area contributed by atoms with E-state index in [1.807, 2.05) is 0 Å². The number of alkyl halides is 3. The second kappa shape index (κ2) is 5.31. The van der Waals surface area contributed by atoms with Gasteiger partial charge < -0.3 is 9.84 Å². The standard InChI is InChI=1S/C9H5ClF3NO5/c10-5-2-6(14(17)18)4(8(15)16)1-7(5)19-3-9(11,12)13/h1-2H,3H2,(H,15,16). The second-order valence-corrected chi connectivity index (χ2v) is 3.67. The number of nitrogens with zero attached hydrogens (tertiary/aromatic N) is 1. The number of carbonyl (C=O) groups is 1. The number of halogens is 4. The minimum absolute atomic E-state index is 0.485. The van der Waals surface area contributed by atoms with Crippen molar-refractivity contribution in [3.63, 3.8) is 0 Å². The van der Waals surface area contributed by atoms with Gasteiger partial charge in [-0.25, -0.2) is 4.79 Å². The Kier molecular flexibility index (Phi) is 4.20. The zero-order valence-corrected chi connectivity index (χ0v) is 9.66. The van der Waals surface area contributed by atoms with Crippen LogP contribution in [0, 0.1) is 10.1 Å². The average molecular weight is 300 g/mol. The zero-order valence-electron chi connectivity index (χ0n) is 8.90. The lowest BCUT2D eigenvalue weighted by Crippen LogP contribution is -2.19. The van der Waals surface area contributed by atoms with Crippen LogP contribution in [0.3, 0.4) is 0 Å². The first kappa shape index (κ1) is 15.0. The number of carboxylic acids is 1. The van der Waals surface area contributed by atoms with Crippen LogP contribution < -0.4 is 4.74 Å². The van der Waals surface area contributed by atoms with Crippen molar-refractivity contribution in [1.82, 2.24) is 0 Å². The summed E-state index contributed by atoms with van der Waals surface area (Å²) in [5, 5.41) is 18.8. The molecule has 1 aromatic carbocycles. The van der Waals surface area contributed by atoms with Crippen molar-refractivity contribution in [2.45, 2.75) is 6.18 Å². The maximum Gasteiger partial charge on any atom is 0.422 e. The van der Waals surface area contributed by atoms with Gasteiger partial charge in [0.2, 0.25) is 0 Å². The van der Waals surface area contributed by atoms with Gasteiger partial charge in [0.25, 0.3) is 5.69 Å². The maximum absolute atomic E-state index is 11.9. The van der Waals surface area contributed by atoms with Crippen LogP contribution in [0.5, 0.6) is 5.75 Å². The molecule has 0 spiro atoms. The summed E-state index contributed by atoms with van der Waals surface area (Å²) < 4.78 is 40.1. The van der Waals surface area contributed by atoms with E-state index in [0.29, 0.717) is 12.1 Å². The number of nitro benzene ring substituents is 1. The molecule has 0 bridgehead atoms. The Morgan fingerprint density at radius 1 is 1.47 bits per heavy atom. The number of hydrogen-bond donors (Lipinski definition) is 1. The summed E-state index contributed by atoms with van der Waals surface area (Å²) in [5.41, 5.74) is -1.65. The molecule has 6 nitrogen and oxygen atoms in total. The van der Waals surface area contributed by atoms with Crippen LogP contribution in [-0.4, -0.2) is 28.8 Å². The molecule has 19 heavy (non-hydrogen) atoms. The van der Waals surface area contributed by atoms with Gasteiger partial charge in [0.15, 0.2) is 6.61 Å². The second-order valence-electron chi connectivity index (χ2n) is 3.27. The Hall–Kier alpha value is -2.03. The largest absolute Gasteiger partial charge is 0.483 e. The molecule has 0 aliphatic rings. The first-order valence-corrected chi connectivity index (χ1v) is 4.90. The molecule has 0 amide bonds. The smallest absolute Gasteiger partial charge is 0.422 e. The molecule has 0 unspecified atom stereocenters. The van der Waals surface area contributed by atoms with Gasteiger partial charge in [-0.1, -0.05) is 11.6 Å². The number of rotatable bonds is 4. The fourth-order valence-corrected chi connectivity index (χ4v) is 1.35. The lowest BCUT2D eigenvalue weighted by atomic mass is 10.1. The van der Waals surface area contributed by atoms with Crippen molar-refractivity contribution in [2.24, 2.45) is 0 Å². The van der Waals surface area contributed by atoms with Crippen molar-refractivity contribution in [3.05, 3.63) is 32.8 Å². The summed E-state index contributed by atoms with van der Waals surface area (Å²) in [6, 6.07) is 1.20. The minimum Gasteiger partial charge on any atom is -0.483 e. The third-order valence-corrected chi connectivity index (χ3v) is 2.16. The molecule has 0 saturated carbocycles. The molecule has 1 aromatic rings. The normalized spacial score (nSPS) is 11.2. The van der Waals surface area contributed by atoms with Gasteiger partial charge >= 0.3 is 12.1 Å². The first-order chi connectivity index (χ1) is 8.61. The van der Waals surface area contributed by atoms with Gasteiger partial charge in [-0.2, -0.15) is 13.2 Å². The third kappa shape index (κ3) is 3.98. The predicted octanol–water partition coefficient (Wildman–Crippen LogP) is 2.89. The van der Waals surface area contributed by atoms with Gasteiger partial charge in [-0.05, 0) is 0 Å². The van der Waals surface area contributed by atoms with E-state index >= 15 is 0 Å². The van der Waals surface area contributed by atoms with E-state index in [4.69, 9.17) is 16.7 Å². The number of benzene rings is 1. The summed E-state index contributed by atoms with van der Waals surface area (Å²) in [5.74, 6) is -2.28. The summed E-state index contributed by atoms with van der Waals surface area (Å²) in [7, 11) is 0. The number of ether oxygens (including phenoxy) is 1. The third-order valence-electron chi connectivity index (χ3n) is 1.87. The van der Waals surface area contributed by atoms with Crippen molar-refractivity contribution in [1.29, 1.82) is 0 Å². The SMILES string of the molecule is O=C(O)c1cc(OCC(F)(F)F)c(Cl)cc1[N+](=O)[O-]. The molecule has 1 rings (SSSR count). The molecular weight excluding hydrogens is 295 g/mol. The van der Waals surface area contributed by atoms with Crippen LogP contribution in [0.15, 0.2) is 12.1 Å². The van der Waals surface area contributed by atoms with E-state index in [1.165, 1.54) is 0 Å². The van der Waals surface area contributed by atoms with Crippen molar-refractivity contribution in [3.8, 4) is 5.75 Å². The minimum atomic E-state index is -4.64. The number of aromatic carboxylic acids is 1. The Labute approximate surface area is 108 Å². The molecule has 1 N–H and O–H groups in total. The molecule has 10 heteroatoms. The zero-order chi connectivity index (χ0) is 14.8. The molecule has 0 heterocycles. The first-order valence-electron chi connectivity index (χ1n) is 4.52. The Balaban J connectivity index is 3.18. The lowest BCUT2D eigenvalue weighted by molar-refractivity contribution is -0.385. The van der Waals surface area contributed by atoms with E-state index in [0.717, 1.165) is 0 Å². The molecule has 0 fully saturated rings. The fourth-order valence-electron chi connectivity index (χ4n) is 1.14. The van der Waals surface area contributed by atoms with Crippen LogP contribution in [0.1, 0.15) is 10.4 Å². The highest BCUT2D eigenvalue weighted by molar-refractivity contribution is 6.32. The van der Waals surface area contributed by atoms with E-state index in [9.17, 15) is 28.1 Å². The van der Waals surface area contributed by atoms with E-state index in [-0.39, 0.29) is 0 Å². The number of nitro groups is 1. The molecule has 0 radical (unpaired) electrons. The van der Waals surface area contributed by atoms with Gasteiger partial charge in [-0.3, -0.25) is 10.1 Å².